The van der Waals surface area contributed by atoms with Gasteiger partial charge < -0.3 is 10.6 Å². The molecule has 0 saturated heterocycles. The smallest absolute Gasteiger partial charge is 0.230 e. The minimum Gasteiger partial charge on any atom is -0.357 e. The molecule has 2 rings (SSSR count). The molecule has 0 spiro atoms. The molecule has 1 aliphatic carbocycles. The number of carbonyl (C=O) groups excluding carboxylic acids is 1. The number of anilines is 1. The average molecular weight is 326 g/mol. The summed E-state index contributed by atoms with van der Waals surface area (Å²) in [6.45, 7) is 6.58. The second-order valence-corrected chi connectivity index (χ2v) is 7.56. The summed E-state index contributed by atoms with van der Waals surface area (Å²) in [6, 6.07) is 0.355. The molecule has 0 aromatic carbocycles. The quantitative estimate of drug-likeness (QED) is 0.596. The van der Waals surface area contributed by atoms with E-state index >= 15 is 0 Å². The fraction of sp³-hybridized carbons (Fsp3) is 0.643. The molecule has 7 heteroatoms. The van der Waals surface area contributed by atoms with E-state index in [0.717, 1.165) is 28.2 Å². The normalized spacial score (nSPS) is 21.8. The monoisotopic (exact) mass is 326 g/mol. The summed E-state index contributed by atoms with van der Waals surface area (Å²) in [5, 5.41) is 15.0. The van der Waals surface area contributed by atoms with Crippen molar-refractivity contribution in [3.8, 4) is 0 Å². The zero-order valence-corrected chi connectivity index (χ0v) is 13.9. The minimum atomic E-state index is 0.0929. The molecule has 1 aromatic heterocycles. The standard InChI is InChI=1S/C14H22N4OS2/c1-3-8-15-13-17-18-14(21-13)20-9-12(19)16-11-6-4-10(2)5-7-11/h3,10-11H,1,4-9H2,2H3,(H,15,17)(H,16,19). The Morgan fingerprint density at radius 3 is 2.90 bits per heavy atom. The van der Waals surface area contributed by atoms with E-state index in [9.17, 15) is 4.79 Å². The fourth-order valence-corrected chi connectivity index (χ4v) is 3.87. The van der Waals surface area contributed by atoms with Gasteiger partial charge in [-0.05, 0) is 31.6 Å². The maximum absolute atomic E-state index is 11.9. The maximum Gasteiger partial charge on any atom is 0.230 e. The van der Waals surface area contributed by atoms with Gasteiger partial charge in [0.15, 0.2) is 4.34 Å². The van der Waals surface area contributed by atoms with Crippen LogP contribution in [0, 0.1) is 5.92 Å². The molecule has 1 heterocycles. The molecule has 1 saturated carbocycles. The highest BCUT2D eigenvalue weighted by Gasteiger charge is 2.19. The number of nitrogens with zero attached hydrogens (tertiary/aromatic N) is 2. The molecule has 0 bridgehead atoms. The van der Waals surface area contributed by atoms with Crippen LogP contribution in [-0.4, -0.2) is 34.4 Å². The third-order valence-corrected chi connectivity index (χ3v) is 5.53. The molecule has 2 N–H and O–H groups in total. The van der Waals surface area contributed by atoms with Gasteiger partial charge >= 0.3 is 0 Å². The van der Waals surface area contributed by atoms with Crippen LogP contribution in [0.5, 0.6) is 0 Å². The molecule has 0 unspecified atom stereocenters. The van der Waals surface area contributed by atoms with E-state index in [1.165, 1.54) is 35.9 Å². The zero-order valence-electron chi connectivity index (χ0n) is 12.3. The Labute approximate surface area is 134 Å². The molecule has 5 nitrogen and oxygen atoms in total. The predicted octanol–water partition coefficient (Wildman–Crippen LogP) is 2.92. The van der Waals surface area contributed by atoms with Crippen molar-refractivity contribution in [3.63, 3.8) is 0 Å². The molecule has 1 fully saturated rings. The van der Waals surface area contributed by atoms with E-state index < -0.39 is 0 Å². The molecule has 1 aliphatic rings. The van der Waals surface area contributed by atoms with Gasteiger partial charge in [-0.1, -0.05) is 36.1 Å². The van der Waals surface area contributed by atoms with Gasteiger partial charge in [0, 0.05) is 12.6 Å². The summed E-state index contributed by atoms with van der Waals surface area (Å²) in [7, 11) is 0. The van der Waals surface area contributed by atoms with Crippen molar-refractivity contribution in [1.29, 1.82) is 0 Å². The van der Waals surface area contributed by atoms with E-state index in [-0.39, 0.29) is 5.91 Å². The summed E-state index contributed by atoms with van der Waals surface area (Å²) in [4.78, 5) is 11.9. The highest BCUT2D eigenvalue weighted by atomic mass is 32.2. The number of rotatable bonds is 7. The molecule has 0 radical (unpaired) electrons. The lowest BCUT2D eigenvalue weighted by Gasteiger charge is -2.26. The van der Waals surface area contributed by atoms with Crippen molar-refractivity contribution in [2.75, 3.05) is 17.6 Å². The highest BCUT2D eigenvalue weighted by molar-refractivity contribution is 8.01. The van der Waals surface area contributed by atoms with Gasteiger partial charge in [0.25, 0.3) is 0 Å². The van der Waals surface area contributed by atoms with Gasteiger partial charge in [-0.25, -0.2) is 0 Å². The third kappa shape index (κ3) is 5.67. The number of amides is 1. The molecule has 1 amide bonds. The lowest BCUT2D eigenvalue weighted by molar-refractivity contribution is -0.119. The van der Waals surface area contributed by atoms with Crippen LogP contribution in [0.15, 0.2) is 17.0 Å². The molecule has 0 atom stereocenters. The first-order valence-electron chi connectivity index (χ1n) is 7.28. The summed E-state index contributed by atoms with van der Waals surface area (Å²) < 4.78 is 0.814. The van der Waals surface area contributed by atoms with Crippen LogP contribution in [0.4, 0.5) is 5.13 Å². The topological polar surface area (TPSA) is 66.9 Å². The van der Waals surface area contributed by atoms with E-state index in [0.29, 0.717) is 18.3 Å². The number of thioether (sulfide) groups is 1. The zero-order chi connectivity index (χ0) is 15.1. The van der Waals surface area contributed by atoms with Gasteiger partial charge in [0.2, 0.25) is 11.0 Å². The van der Waals surface area contributed by atoms with Crippen LogP contribution in [0.2, 0.25) is 0 Å². The molecule has 0 aliphatic heterocycles. The van der Waals surface area contributed by atoms with Gasteiger partial charge in [-0.15, -0.1) is 16.8 Å². The van der Waals surface area contributed by atoms with Crippen molar-refractivity contribution in [2.45, 2.75) is 43.0 Å². The minimum absolute atomic E-state index is 0.0929. The van der Waals surface area contributed by atoms with Gasteiger partial charge in [-0.2, -0.15) is 0 Å². The first-order valence-corrected chi connectivity index (χ1v) is 9.08. The van der Waals surface area contributed by atoms with Crippen molar-refractivity contribution < 1.29 is 4.79 Å². The van der Waals surface area contributed by atoms with Gasteiger partial charge in [-0.3, -0.25) is 4.79 Å². The Kier molecular flexibility index (Phi) is 6.50. The van der Waals surface area contributed by atoms with Gasteiger partial charge in [0.05, 0.1) is 5.75 Å². The van der Waals surface area contributed by atoms with Gasteiger partial charge in [0.1, 0.15) is 0 Å². The van der Waals surface area contributed by atoms with Crippen LogP contribution >= 0.6 is 23.1 Å². The average Bonchev–Trinajstić information content (AvgIpc) is 2.93. The van der Waals surface area contributed by atoms with Crippen LogP contribution in [-0.2, 0) is 4.79 Å². The number of hydrogen-bond donors (Lipinski definition) is 2. The highest BCUT2D eigenvalue weighted by Crippen LogP contribution is 2.26. The van der Waals surface area contributed by atoms with Crippen LogP contribution in [0.1, 0.15) is 32.6 Å². The SMILES string of the molecule is C=CCNc1nnc(SCC(=O)NC2CCC(C)CC2)s1. The number of carbonyl (C=O) groups is 1. The Balaban J connectivity index is 1.68. The summed E-state index contributed by atoms with van der Waals surface area (Å²) in [5.41, 5.74) is 0. The van der Waals surface area contributed by atoms with Crippen molar-refractivity contribution >= 4 is 34.1 Å². The third-order valence-electron chi connectivity index (χ3n) is 3.51. The van der Waals surface area contributed by atoms with Crippen molar-refractivity contribution in [3.05, 3.63) is 12.7 Å². The van der Waals surface area contributed by atoms with E-state index in [1.54, 1.807) is 6.08 Å². The number of aromatic nitrogens is 2. The first kappa shape index (κ1) is 16.3. The summed E-state index contributed by atoms with van der Waals surface area (Å²) in [5.74, 6) is 1.30. The van der Waals surface area contributed by atoms with Crippen molar-refractivity contribution in [2.24, 2.45) is 5.92 Å². The number of nitrogens with one attached hydrogen (secondary N) is 2. The van der Waals surface area contributed by atoms with E-state index in [2.05, 4.69) is 34.3 Å². The van der Waals surface area contributed by atoms with E-state index in [1.807, 2.05) is 0 Å². The van der Waals surface area contributed by atoms with Crippen LogP contribution < -0.4 is 10.6 Å². The molecule has 1 aromatic rings. The molecule has 21 heavy (non-hydrogen) atoms. The lowest BCUT2D eigenvalue weighted by Crippen LogP contribution is -2.38. The lowest BCUT2D eigenvalue weighted by atomic mass is 9.87. The van der Waals surface area contributed by atoms with E-state index in [4.69, 9.17) is 0 Å². The van der Waals surface area contributed by atoms with Crippen LogP contribution in [0.3, 0.4) is 0 Å². The maximum atomic E-state index is 11.9. The largest absolute Gasteiger partial charge is 0.357 e. The summed E-state index contributed by atoms with van der Waals surface area (Å²) in [6.07, 6.45) is 6.41. The predicted molar refractivity (Wildman–Crippen MR) is 88.9 cm³/mol. The second kappa shape index (κ2) is 8.38. The Bertz CT molecular complexity index is 469. The van der Waals surface area contributed by atoms with Crippen molar-refractivity contribution in [1.82, 2.24) is 15.5 Å². The number of hydrogen-bond acceptors (Lipinski definition) is 6. The Hall–Kier alpha value is -1.08. The first-order chi connectivity index (χ1) is 10.2. The summed E-state index contributed by atoms with van der Waals surface area (Å²) >= 11 is 2.90. The molecular weight excluding hydrogens is 304 g/mol. The Morgan fingerprint density at radius 1 is 1.43 bits per heavy atom. The molecular formula is C14H22N4OS2. The Morgan fingerprint density at radius 2 is 2.19 bits per heavy atom. The van der Waals surface area contributed by atoms with Crippen LogP contribution in [0.25, 0.3) is 0 Å². The molecule has 116 valence electrons. The second-order valence-electron chi connectivity index (χ2n) is 5.36. The fourth-order valence-electron chi connectivity index (χ4n) is 2.30.